The Balaban J connectivity index is 2.62. The lowest BCUT2D eigenvalue weighted by atomic mass is 10.7. The van der Waals surface area contributed by atoms with Gasteiger partial charge in [0, 0.05) is 20.2 Å². The van der Waals surface area contributed by atoms with Crippen molar-refractivity contribution in [3.05, 3.63) is 12.5 Å². The monoisotopic (exact) mass is 233 g/mol. The van der Waals surface area contributed by atoms with E-state index in [2.05, 4.69) is 9.97 Å². The first-order valence-electron chi connectivity index (χ1n) is 4.61. The van der Waals surface area contributed by atoms with Gasteiger partial charge < -0.3 is 9.72 Å². The molecule has 0 aliphatic carbocycles. The van der Waals surface area contributed by atoms with Crippen LogP contribution in [0.15, 0.2) is 17.6 Å². The van der Waals surface area contributed by atoms with Crippen molar-refractivity contribution in [1.82, 2.24) is 14.3 Å². The lowest BCUT2D eigenvalue weighted by Gasteiger charge is -2.15. The van der Waals surface area contributed by atoms with E-state index in [0.717, 1.165) is 0 Å². The summed E-state index contributed by atoms with van der Waals surface area (Å²) in [4.78, 5) is 6.24. The fraction of sp³-hybridized carbons (Fsp3) is 0.625. The molecule has 15 heavy (non-hydrogen) atoms. The van der Waals surface area contributed by atoms with Gasteiger partial charge in [-0.2, -0.15) is 4.31 Å². The maximum absolute atomic E-state index is 11.8. The van der Waals surface area contributed by atoms with E-state index in [0.29, 0.717) is 19.8 Å². The number of hydrogen-bond acceptors (Lipinski definition) is 4. The topological polar surface area (TPSA) is 75.3 Å². The van der Waals surface area contributed by atoms with Gasteiger partial charge in [-0.15, -0.1) is 0 Å². The lowest BCUT2D eigenvalue weighted by molar-refractivity contribution is 0.138. The third-order valence-electron chi connectivity index (χ3n) is 1.92. The van der Waals surface area contributed by atoms with Crippen molar-refractivity contribution in [2.24, 2.45) is 0 Å². The molecule has 0 bridgehead atoms. The number of aromatic amines is 1. The molecule has 1 aromatic rings. The zero-order valence-electron chi connectivity index (χ0n) is 8.80. The van der Waals surface area contributed by atoms with Gasteiger partial charge in [0.25, 0.3) is 10.0 Å². The lowest BCUT2D eigenvalue weighted by Crippen LogP contribution is -2.30. The van der Waals surface area contributed by atoms with Crippen LogP contribution in [-0.4, -0.2) is 49.5 Å². The largest absolute Gasteiger partial charge is 0.380 e. The average Bonchev–Trinajstić information content (AvgIpc) is 2.71. The summed E-state index contributed by atoms with van der Waals surface area (Å²) in [7, 11) is -1.93. The van der Waals surface area contributed by atoms with Crippen LogP contribution in [0.3, 0.4) is 0 Å². The van der Waals surface area contributed by atoms with Gasteiger partial charge in [-0.05, 0) is 6.92 Å². The maximum Gasteiger partial charge on any atom is 0.259 e. The highest BCUT2D eigenvalue weighted by atomic mass is 32.2. The van der Waals surface area contributed by atoms with Crippen LogP contribution in [0.5, 0.6) is 0 Å². The molecule has 0 fully saturated rings. The molecule has 6 nitrogen and oxygen atoms in total. The van der Waals surface area contributed by atoms with Crippen molar-refractivity contribution in [3.8, 4) is 0 Å². The summed E-state index contributed by atoms with van der Waals surface area (Å²) in [5.41, 5.74) is 0. The van der Waals surface area contributed by atoms with E-state index in [1.54, 1.807) is 0 Å². The zero-order valence-corrected chi connectivity index (χ0v) is 9.62. The Morgan fingerprint density at radius 2 is 2.33 bits per heavy atom. The first-order valence-corrected chi connectivity index (χ1v) is 6.05. The molecule has 0 atom stereocenters. The number of nitrogens with one attached hydrogen (secondary N) is 1. The van der Waals surface area contributed by atoms with Crippen LogP contribution in [0.1, 0.15) is 6.92 Å². The number of rotatable bonds is 6. The Morgan fingerprint density at radius 3 is 2.87 bits per heavy atom. The molecule has 0 radical (unpaired) electrons. The SMILES string of the molecule is CCOCCN(C)S(=O)(=O)c1cnc[nH]1. The van der Waals surface area contributed by atoms with Crippen molar-refractivity contribution in [2.75, 3.05) is 26.8 Å². The van der Waals surface area contributed by atoms with Crippen LogP contribution in [0.4, 0.5) is 0 Å². The van der Waals surface area contributed by atoms with Gasteiger partial charge in [0.15, 0.2) is 5.03 Å². The Labute approximate surface area is 89.3 Å². The van der Waals surface area contributed by atoms with Gasteiger partial charge in [-0.1, -0.05) is 0 Å². The van der Waals surface area contributed by atoms with Crippen molar-refractivity contribution in [2.45, 2.75) is 11.9 Å². The number of aromatic nitrogens is 2. The zero-order chi connectivity index (χ0) is 11.3. The molecule has 1 N–H and O–H groups in total. The second kappa shape index (κ2) is 5.24. The van der Waals surface area contributed by atoms with Crippen molar-refractivity contribution < 1.29 is 13.2 Å². The number of H-pyrrole nitrogens is 1. The van der Waals surface area contributed by atoms with E-state index in [1.165, 1.54) is 23.9 Å². The van der Waals surface area contributed by atoms with Crippen LogP contribution in [0, 0.1) is 0 Å². The van der Waals surface area contributed by atoms with Gasteiger partial charge >= 0.3 is 0 Å². The molecule has 0 aromatic carbocycles. The Bertz CT molecular complexity index is 374. The summed E-state index contributed by atoms with van der Waals surface area (Å²) in [5, 5.41) is 0.0986. The minimum Gasteiger partial charge on any atom is -0.380 e. The number of nitrogens with zero attached hydrogens (tertiary/aromatic N) is 2. The molecular formula is C8H15N3O3S. The summed E-state index contributed by atoms with van der Waals surface area (Å²) in [5.74, 6) is 0. The number of likely N-dealkylation sites (N-methyl/N-ethyl adjacent to an activating group) is 1. The Morgan fingerprint density at radius 1 is 1.60 bits per heavy atom. The first-order chi connectivity index (χ1) is 7.09. The molecule has 86 valence electrons. The van der Waals surface area contributed by atoms with Gasteiger partial charge in [0.1, 0.15) is 0 Å². The van der Waals surface area contributed by atoms with Gasteiger partial charge in [-0.3, -0.25) is 0 Å². The third kappa shape index (κ3) is 3.01. The van der Waals surface area contributed by atoms with Crippen molar-refractivity contribution >= 4 is 10.0 Å². The molecule has 0 saturated heterocycles. The molecule has 0 aliphatic heterocycles. The first kappa shape index (κ1) is 12.2. The number of ether oxygens (including phenoxy) is 1. The molecule has 1 aromatic heterocycles. The third-order valence-corrected chi connectivity index (χ3v) is 3.70. The summed E-state index contributed by atoms with van der Waals surface area (Å²) in [6.45, 7) is 3.16. The number of sulfonamides is 1. The van der Waals surface area contributed by atoms with Gasteiger partial charge in [0.2, 0.25) is 0 Å². The normalized spacial score (nSPS) is 12.2. The highest BCUT2D eigenvalue weighted by Crippen LogP contribution is 2.08. The average molecular weight is 233 g/mol. The standard InChI is InChI=1S/C8H15N3O3S/c1-3-14-5-4-11(2)15(12,13)8-6-9-7-10-8/h6-7H,3-5H2,1-2H3,(H,9,10). The van der Waals surface area contributed by atoms with E-state index >= 15 is 0 Å². The second-order valence-corrected chi connectivity index (χ2v) is 4.95. The second-order valence-electron chi connectivity index (χ2n) is 2.94. The fourth-order valence-corrected chi connectivity index (χ4v) is 2.06. The molecule has 0 aliphatic rings. The molecule has 0 unspecified atom stereocenters. The predicted octanol–water partition coefficient (Wildman–Crippen LogP) is 0.0667. The Kier molecular flexibility index (Phi) is 4.25. The molecule has 7 heteroatoms. The number of hydrogen-bond donors (Lipinski definition) is 1. The smallest absolute Gasteiger partial charge is 0.259 e. The highest BCUT2D eigenvalue weighted by molar-refractivity contribution is 7.89. The quantitative estimate of drug-likeness (QED) is 0.705. The molecule has 0 saturated carbocycles. The highest BCUT2D eigenvalue weighted by Gasteiger charge is 2.21. The number of imidazole rings is 1. The van der Waals surface area contributed by atoms with Crippen LogP contribution >= 0.6 is 0 Å². The van der Waals surface area contributed by atoms with Crippen molar-refractivity contribution in [3.63, 3.8) is 0 Å². The molecular weight excluding hydrogens is 218 g/mol. The molecule has 1 rings (SSSR count). The summed E-state index contributed by atoms with van der Waals surface area (Å²) in [6, 6.07) is 0. The van der Waals surface area contributed by atoms with E-state index in [-0.39, 0.29) is 5.03 Å². The van der Waals surface area contributed by atoms with Gasteiger partial charge in [0.05, 0.1) is 19.1 Å². The minimum absolute atomic E-state index is 0.0986. The Hall–Kier alpha value is -0.920. The van der Waals surface area contributed by atoms with E-state index in [4.69, 9.17) is 4.74 Å². The summed E-state index contributed by atoms with van der Waals surface area (Å²) < 4.78 is 29.9. The fourth-order valence-electron chi connectivity index (χ4n) is 1.01. The molecule has 0 spiro atoms. The van der Waals surface area contributed by atoms with Crippen LogP contribution in [0.25, 0.3) is 0 Å². The van der Waals surface area contributed by atoms with E-state index in [9.17, 15) is 8.42 Å². The van der Waals surface area contributed by atoms with E-state index < -0.39 is 10.0 Å². The summed E-state index contributed by atoms with van der Waals surface area (Å²) in [6.07, 6.45) is 2.62. The van der Waals surface area contributed by atoms with Crippen LogP contribution < -0.4 is 0 Å². The van der Waals surface area contributed by atoms with Gasteiger partial charge in [-0.25, -0.2) is 13.4 Å². The minimum atomic E-state index is -3.44. The summed E-state index contributed by atoms with van der Waals surface area (Å²) >= 11 is 0. The van der Waals surface area contributed by atoms with Crippen LogP contribution in [0.2, 0.25) is 0 Å². The van der Waals surface area contributed by atoms with E-state index in [1.807, 2.05) is 6.92 Å². The maximum atomic E-state index is 11.8. The molecule has 0 amide bonds. The molecule has 1 heterocycles. The predicted molar refractivity (Wildman–Crippen MR) is 54.9 cm³/mol. The van der Waals surface area contributed by atoms with Crippen molar-refractivity contribution in [1.29, 1.82) is 0 Å². The van der Waals surface area contributed by atoms with Crippen LogP contribution in [-0.2, 0) is 14.8 Å².